The van der Waals surface area contributed by atoms with Crippen molar-refractivity contribution in [1.29, 1.82) is 0 Å². The summed E-state index contributed by atoms with van der Waals surface area (Å²) in [5.41, 5.74) is 9.24. The van der Waals surface area contributed by atoms with E-state index in [4.69, 9.17) is 10.7 Å². The predicted molar refractivity (Wildman–Crippen MR) is 139 cm³/mol. The second-order valence-electron chi connectivity index (χ2n) is 9.27. The van der Waals surface area contributed by atoms with E-state index in [9.17, 15) is 13.6 Å². The number of halogens is 2. The van der Waals surface area contributed by atoms with Gasteiger partial charge in [-0.3, -0.25) is 9.78 Å². The van der Waals surface area contributed by atoms with Crippen LogP contribution in [0.2, 0.25) is 0 Å². The summed E-state index contributed by atoms with van der Waals surface area (Å²) in [4.78, 5) is 27.7. The number of aromatic nitrogens is 4. The number of benzene rings is 1. The molecule has 0 radical (unpaired) electrons. The van der Waals surface area contributed by atoms with Crippen molar-refractivity contribution in [3.8, 4) is 0 Å². The molecular weight excluding hydrogens is 462 g/mol. The van der Waals surface area contributed by atoms with Gasteiger partial charge in [0.05, 0.1) is 5.52 Å². The number of nitrogens with two attached hydrogens (primary N) is 1. The van der Waals surface area contributed by atoms with Crippen molar-refractivity contribution >= 4 is 39.4 Å². The zero-order valence-electron chi connectivity index (χ0n) is 21.0. The summed E-state index contributed by atoms with van der Waals surface area (Å²) in [6.45, 7) is 2.85. The highest BCUT2D eigenvalue weighted by atomic mass is 19.1. The van der Waals surface area contributed by atoms with Crippen LogP contribution >= 0.6 is 0 Å². The van der Waals surface area contributed by atoms with Gasteiger partial charge >= 0.3 is 0 Å². The normalized spacial score (nSPS) is 11.5. The Labute approximate surface area is 209 Å². The SMILES string of the molecule is CCCCc1nc2c(N)nc3cccnc3c2n1CCCCCC(=O)c1cc(F)c(N(C)C)c(F)c1. The van der Waals surface area contributed by atoms with Gasteiger partial charge in [0.1, 0.15) is 39.7 Å². The van der Waals surface area contributed by atoms with Crippen LogP contribution in [-0.4, -0.2) is 39.4 Å². The van der Waals surface area contributed by atoms with Gasteiger partial charge in [-0.25, -0.2) is 18.7 Å². The topological polar surface area (TPSA) is 89.9 Å². The average molecular weight is 495 g/mol. The van der Waals surface area contributed by atoms with E-state index in [0.29, 0.717) is 24.3 Å². The van der Waals surface area contributed by atoms with Crippen LogP contribution in [0.4, 0.5) is 20.3 Å². The molecular formula is C27H32F2N6O. The minimum absolute atomic E-state index is 0.0681. The molecule has 0 unspecified atom stereocenters. The Kier molecular flexibility index (Phi) is 7.76. The number of rotatable bonds is 11. The molecule has 0 fully saturated rings. The summed E-state index contributed by atoms with van der Waals surface area (Å²) < 4.78 is 30.7. The number of nitrogen functional groups attached to an aromatic ring is 1. The Bertz CT molecular complexity index is 1380. The lowest BCUT2D eigenvalue weighted by atomic mass is 10.0. The highest BCUT2D eigenvalue weighted by Gasteiger charge is 2.19. The number of hydrogen-bond acceptors (Lipinski definition) is 6. The van der Waals surface area contributed by atoms with Crippen LogP contribution in [-0.2, 0) is 13.0 Å². The summed E-state index contributed by atoms with van der Waals surface area (Å²) in [5.74, 6) is -0.369. The van der Waals surface area contributed by atoms with E-state index < -0.39 is 11.6 Å². The maximum absolute atomic E-state index is 14.3. The zero-order chi connectivity index (χ0) is 25.8. The van der Waals surface area contributed by atoms with Crippen molar-refractivity contribution in [2.45, 2.75) is 58.4 Å². The van der Waals surface area contributed by atoms with Crippen molar-refractivity contribution in [2.24, 2.45) is 0 Å². The quantitative estimate of drug-likeness (QED) is 0.213. The molecule has 0 amide bonds. The molecule has 3 heterocycles. The minimum atomic E-state index is -0.732. The molecule has 0 bridgehead atoms. The lowest BCUT2D eigenvalue weighted by molar-refractivity contribution is 0.0978. The second-order valence-corrected chi connectivity index (χ2v) is 9.27. The summed E-state index contributed by atoms with van der Waals surface area (Å²) >= 11 is 0. The third-order valence-corrected chi connectivity index (χ3v) is 6.37. The molecule has 4 rings (SSSR count). The standard InChI is InChI=1S/C27H32F2N6O/c1-4-5-12-22-33-24-26(23-20(32-27(24)30)10-9-13-31-23)35(22)14-8-6-7-11-21(36)17-15-18(28)25(34(2)3)19(29)16-17/h9-10,13,15-16H,4-8,11-12,14H2,1-3H3,(H2,30,32). The number of aryl methyl sites for hydroxylation is 2. The Balaban J connectivity index is 1.46. The molecule has 3 aromatic heterocycles. The summed E-state index contributed by atoms with van der Waals surface area (Å²) in [6.07, 6.45) is 7.08. The lowest BCUT2D eigenvalue weighted by Gasteiger charge is -2.15. The molecule has 0 saturated heterocycles. The molecule has 0 atom stereocenters. The van der Waals surface area contributed by atoms with Crippen LogP contribution in [0.1, 0.15) is 61.6 Å². The monoisotopic (exact) mass is 494 g/mol. The molecule has 2 N–H and O–H groups in total. The third-order valence-electron chi connectivity index (χ3n) is 6.37. The van der Waals surface area contributed by atoms with Gasteiger partial charge in [0.15, 0.2) is 11.6 Å². The highest BCUT2D eigenvalue weighted by molar-refractivity contribution is 6.04. The second kappa shape index (κ2) is 11.0. The number of anilines is 2. The zero-order valence-corrected chi connectivity index (χ0v) is 21.0. The first-order valence-corrected chi connectivity index (χ1v) is 12.4. The number of pyridine rings is 2. The van der Waals surface area contributed by atoms with E-state index in [1.807, 2.05) is 12.1 Å². The highest BCUT2D eigenvalue weighted by Crippen LogP contribution is 2.29. The van der Waals surface area contributed by atoms with Gasteiger partial charge < -0.3 is 15.2 Å². The molecule has 7 nitrogen and oxygen atoms in total. The Morgan fingerprint density at radius 1 is 1.06 bits per heavy atom. The molecule has 0 aliphatic rings. The molecule has 9 heteroatoms. The number of carbonyl (C=O) groups is 1. The van der Waals surface area contributed by atoms with Gasteiger partial charge in [0.25, 0.3) is 0 Å². The fourth-order valence-electron chi connectivity index (χ4n) is 4.57. The van der Waals surface area contributed by atoms with Crippen LogP contribution in [0.5, 0.6) is 0 Å². The Hall–Kier alpha value is -3.62. The van der Waals surface area contributed by atoms with Crippen LogP contribution < -0.4 is 10.6 Å². The smallest absolute Gasteiger partial charge is 0.163 e. The molecule has 4 aromatic rings. The van der Waals surface area contributed by atoms with Gasteiger partial charge in [0.2, 0.25) is 0 Å². The van der Waals surface area contributed by atoms with Crippen LogP contribution in [0, 0.1) is 11.6 Å². The van der Waals surface area contributed by atoms with E-state index in [2.05, 4.69) is 21.5 Å². The molecule has 1 aromatic carbocycles. The van der Waals surface area contributed by atoms with E-state index in [0.717, 1.165) is 66.6 Å². The summed E-state index contributed by atoms with van der Waals surface area (Å²) in [7, 11) is 3.12. The maximum atomic E-state index is 14.3. The number of carbonyl (C=O) groups excluding carboxylic acids is 1. The first-order chi connectivity index (χ1) is 17.3. The minimum Gasteiger partial charge on any atom is -0.382 e. The van der Waals surface area contributed by atoms with Crippen LogP contribution in [0.25, 0.3) is 22.1 Å². The van der Waals surface area contributed by atoms with Gasteiger partial charge in [-0.2, -0.15) is 0 Å². The van der Waals surface area contributed by atoms with Gasteiger partial charge in [-0.1, -0.05) is 19.8 Å². The van der Waals surface area contributed by atoms with E-state index in [1.165, 1.54) is 4.90 Å². The number of hydrogen-bond donors (Lipinski definition) is 1. The van der Waals surface area contributed by atoms with Crippen molar-refractivity contribution in [1.82, 2.24) is 19.5 Å². The van der Waals surface area contributed by atoms with Gasteiger partial charge in [-0.15, -0.1) is 0 Å². The molecule has 0 spiro atoms. The molecule has 0 aliphatic heterocycles. The van der Waals surface area contributed by atoms with Crippen molar-refractivity contribution in [3.63, 3.8) is 0 Å². The number of ketones is 1. The summed E-state index contributed by atoms with van der Waals surface area (Å²) in [6, 6.07) is 5.97. The first kappa shape index (κ1) is 25.5. The van der Waals surface area contributed by atoms with Crippen molar-refractivity contribution in [2.75, 3.05) is 24.7 Å². The van der Waals surface area contributed by atoms with Crippen LogP contribution in [0.3, 0.4) is 0 Å². The number of nitrogens with zero attached hydrogens (tertiary/aromatic N) is 5. The fourth-order valence-corrected chi connectivity index (χ4v) is 4.57. The summed E-state index contributed by atoms with van der Waals surface area (Å²) in [5, 5.41) is 0. The average Bonchev–Trinajstić information content (AvgIpc) is 3.21. The molecule has 0 saturated carbocycles. The number of fused-ring (bicyclic) bond motifs is 3. The van der Waals surface area contributed by atoms with Gasteiger partial charge in [0, 0.05) is 45.2 Å². The number of Topliss-reactive ketones (excluding diaryl/α,β-unsaturated/α-hetero) is 1. The lowest BCUT2D eigenvalue weighted by Crippen LogP contribution is -2.14. The van der Waals surface area contributed by atoms with E-state index >= 15 is 0 Å². The largest absolute Gasteiger partial charge is 0.382 e. The molecule has 190 valence electrons. The fraction of sp³-hybridized carbons (Fsp3) is 0.407. The van der Waals surface area contributed by atoms with E-state index in [1.54, 1.807) is 20.3 Å². The predicted octanol–water partition coefficient (Wildman–Crippen LogP) is 5.69. The first-order valence-electron chi connectivity index (χ1n) is 12.4. The van der Waals surface area contributed by atoms with Gasteiger partial charge in [-0.05, 0) is 43.5 Å². The number of imidazole rings is 1. The molecule has 36 heavy (non-hydrogen) atoms. The van der Waals surface area contributed by atoms with Crippen LogP contribution in [0.15, 0.2) is 30.5 Å². The maximum Gasteiger partial charge on any atom is 0.163 e. The third kappa shape index (κ3) is 5.15. The Morgan fingerprint density at radius 2 is 1.81 bits per heavy atom. The Morgan fingerprint density at radius 3 is 2.50 bits per heavy atom. The van der Waals surface area contributed by atoms with Crippen molar-refractivity contribution < 1.29 is 13.6 Å². The van der Waals surface area contributed by atoms with E-state index in [-0.39, 0.29) is 23.5 Å². The molecule has 0 aliphatic carbocycles. The number of unbranched alkanes of at least 4 members (excludes halogenated alkanes) is 3. The van der Waals surface area contributed by atoms with Crippen molar-refractivity contribution in [3.05, 3.63) is 53.5 Å².